The molecule has 2 rings (SSSR count). The van der Waals surface area contributed by atoms with Gasteiger partial charge in [0.05, 0.1) is 6.04 Å². The molecular formula is C17H21NS. The molecule has 0 aliphatic rings. The van der Waals surface area contributed by atoms with Crippen molar-refractivity contribution in [2.45, 2.75) is 30.7 Å². The van der Waals surface area contributed by atoms with Crippen molar-refractivity contribution >= 4 is 11.8 Å². The highest BCUT2D eigenvalue weighted by Gasteiger charge is 2.12. The predicted octanol–water partition coefficient (Wildman–Crippen LogP) is 4.58. The highest BCUT2D eigenvalue weighted by atomic mass is 32.2. The SMILES string of the molecule is CSc1ccccc1C(N)c1ccc(C(C)C)cc1. The summed E-state index contributed by atoms with van der Waals surface area (Å²) in [7, 11) is 0. The van der Waals surface area contributed by atoms with Gasteiger partial charge in [0.15, 0.2) is 0 Å². The predicted molar refractivity (Wildman–Crippen MR) is 84.8 cm³/mol. The smallest absolute Gasteiger partial charge is 0.0562 e. The van der Waals surface area contributed by atoms with E-state index in [1.54, 1.807) is 11.8 Å². The van der Waals surface area contributed by atoms with Crippen LogP contribution in [0.15, 0.2) is 53.4 Å². The summed E-state index contributed by atoms with van der Waals surface area (Å²) in [6.45, 7) is 4.41. The maximum absolute atomic E-state index is 6.41. The zero-order valence-corrected chi connectivity index (χ0v) is 12.6. The van der Waals surface area contributed by atoms with Gasteiger partial charge in [-0.2, -0.15) is 0 Å². The Bertz CT molecular complexity index is 531. The summed E-state index contributed by atoms with van der Waals surface area (Å²) in [6.07, 6.45) is 2.09. The lowest BCUT2D eigenvalue weighted by atomic mass is 9.96. The highest BCUT2D eigenvalue weighted by molar-refractivity contribution is 7.98. The first-order chi connectivity index (χ1) is 9.13. The molecule has 2 aromatic rings. The first-order valence-corrected chi connectivity index (χ1v) is 7.84. The Kier molecular flexibility index (Phi) is 4.67. The van der Waals surface area contributed by atoms with E-state index >= 15 is 0 Å². The second kappa shape index (κ2) is 6.27. The first-order valence-electron chi connectivity index (χ1n) is 6.62. The summed E-state index contributed by atoms with van der Waals surface area (Å²) < 4.78 is 0. The average Bonchev–Trinajstić information content (AvgIpc) is 2.46. The molecule has 19 heavy (non-hydrogen) atoms. The van der Waals surface area contributed by atoms with Crippen LogP contribution in [0.3, 0.4) is 0 Å². The lowest BCUT2D eigenvalue weighted by molar-refractivity contribution is 0.835. The number of thioether (sulfide) groups is 1. The molecule has 0 fully saturated rings. The Morgan fingerprint density at radius 3 is 2.05 bits per heavy atom. The van der Waals surface area contributed by atoms with Gasteiger partial charge in [-0.15, -0.1) is 11.8 Å². The van der Waals surface area contributed by atoms with Crippen LogP contribution < -0.4 is 5.73 Å². The van der Waals surface area contributed by atoms with Gasteiger partial charge in [-0.05, 0) is 34.9 Å². The van der Waals surface area contributed by atoms with Crippen LogP contribution in [0, 0.1) is 0 Å². The zero-order valence-electron chi connectivity index (χ0n) is 11.8. The molecule has 1 unspecified atom stereocenters. The van der Waals surface area contributed by atoms with Crippen LogP contribution >= 0.6 is 11.8 Å². The minimum Gasteiger partial charge on any atom is -0.320 e. The summed E-state index contributed by atoms with van der Waals surface area (Å²) in [6, 6.07) is 17.0. The molecule has 0 bridgehead atoms. The van der Waals surface area contributed by atoms with Gasteiger partial charge in [-0.1, -0.05) is 56.3 Å². The van der Waals surface area contributed by atoms with Gasteiger partial charge in [0, 0.05) is 4.90 Å². The summed E-state index contributed by atoms with van der Waals surface area (Å²) in [5.41, 5.74) is 10.1. The van der Waals surface area contributed by atoms with E-state index in [9.17, 15) is 0 Å². The van der Waals surface area contributed by atoms with E-state index in [0.29, 0.717) is 5.92 Å². The number of hydrogen-bond donors (Lipinski definition) is 1. The molecule has 100 valence electrons. The van der Waals surface area contributed by atoms with Crippen LogP contribution in [-0.4, -0.2) is 6.26 Å². The molecular weight excluding hydrogens is 250 g/mol. The lowest BCUT2D eigenvalue weighted by Gasteiger charge is -2.16. The van der Waals surface area contributed by atoms with E-state index in [0.717, 1.165) is 0 Å². The molecule has 0 saturated carbocycles. The maximum atomic E-state index is 6.41. The van der Waals surface area contributed by atoms with E-state index in [1.807, 2.05) is 0 Å². The summed E-state index contributed by atoms with van der Waals surface area (Å²) in [4.78, 5) is 1.25. The summed E-state index contributed by atoms with van der Waals surface area (Å²) >= 11 is 1.75. The molecule has 1 nitrogen and oxygen atoms in total. The number of hydrogen-bond acceptors (Lipinski definition) is 2. The number of rotatable bonds is 4. The van der Waals surface area contributed by atoms with Crippen LogP contribution in [0.2, 0.25) is 0 Å². The average molecular weight is 271 g/mol. The van der Waals surface area contributed by atoms with Gasteiger partial charge in [-0.25, -0.2) is 0 Å². The van der Waals surface area contributed by atoms with Crippen molar-refractivity contribution in [2.75, 3.05) is 6.26 Å². The van der Waals surface area contributed by atoms with Crippen LogP contribution in [0.5, 0.6) is 0 Å². The van der Waals surface area contributed by atoms with Crippen molar-refractivity contribution in [3.63, 3.8) is 0 Å². The summed E-state index contributed by atoms with van der Waals surface area (Å²) in [5, 5.41) is 0. The minimum atomic E-state index is -0.0511. The van der Waals surface area contributed by atoms with E-state index < -0.39 is 0 Å². The fraction of sp³-hybridized carbons (Fsp3) is 0.294. The van der Waals surface area contributed by atoms with Crippen molar-refractivity contribution in [1.29, 1.82) is 0 Å². The Morgan fingerprint density at radius 1 is 0.895 bits per heavy atom. The van der Waals surface area contributed by atoms with E-state index in [1.165, 1.54) is 21.6 Å². The van der Waals surface area contributed by atoms with Gasteiger partial charge in [0.1, 0.15) is 0 Å². The molecule has 1 atom stereocenters. The minimum absolute atomic E-state index is 0.0511. The van der Waals surface area contributed by atoms with Crippen molar-refractivity contribution in [1.82, 2.24) is 0 Å². The second-order valence-electron chi connectivity index (χ2n) is 5.04. The topological polar surface area (TPSA) is 26.0 Å². The van der Waals surface area contributed by atoms with Crippen LogP contribution in [-0.2, 0) is 0 Å². The maximum Gasteiger partial charge on any atom is 0.0562 e. The van der Waals surface area contributed by atoms with E-state index in [2.05, 4.69) is 68.6 Å². The molecule has 2 aromatic carbocycles. The summed E-state index contributed by atoms with van der Waals surface area (Å²) in [5.74, 6) is 0.559. The molecule has 2 N–H and O–H groups in total. The molecule has 0 radical (unpaired) electrons. The molecule has 0 aromatic heterocycles. The first kappa shape index (κ1) is 14.2. The Balaban J connectivity index is 2.30. The second-order valence-corrected chi connectivity index (χ2v) is 5.89. The molecule has 2 heteroatoms. The van der Waals surface area contributed by atoms with Gasteiger partial charge >= 0.3 is 0 Å². The Labute approximate surface area is 120 Å². The van der Waals surface area contributed by atoms with E-state index in [4.69, 9.17) is 5.73 Å². The van der Waals surface area contributed by atoms with Crippen LogP contribution in [0.1, 0.15) is 42.5 Å². The van der Waals surface area contributed by atoms with Gasteiger partial charge < -0.3 is 5.73 Å². The third kappa shape index (κ3) is 3.20. The lowest BCUT2D eigenvalue weighted by Crippen LogP contribution is -2.12. The quantitative estimate of drug-likeness (QED) is 0.824. The van der Waals surface area contributed by atoms with Gasteiger partial charge in [0.25, 0.3) is 0 Å². The normalized spacial score (nSPS) is 12.7. The standard InChI is InChI=1S/C17H21NS/c1-12(2)13-8-10-14(11-9-13)17(18)15-6-4-5-7-16(15)19-3/h4-12,17H,18H2,1-3H3. The van der Waals surface area contributed by atoms with Crippen molar-refractivity contribution in [3.05, 3.63) is 65.2 Å². The third-order valence-corrected chi connectivity index (χ3v) is 4.25. The van der Waals surface area contributed by atoms with Gasteiger partial charge in [0.2, 0.25) is 0 Å². The highest BCUT2D eigenvalue weighted by Crippen LogP contribution is 2.29. The Morgan fingerprint density at radius 2 is 1.47 bits per heavy atom. The van der Waals surface area contributed by atoms with Crippen molar-refractivity contribution in [2.24, 2.45) is 5.73 Å². The molecule has 0 spiro atoms. The monoisotopic (exact) mass is 271 g/mol. The van der Waals surface area contributed by atoms with Crippen molar-refractivity contribution in [3.8, 4) is 0 Å². The van der Waals surface area contributed by atoms with E-state index in [-0.39, 0.29) is 6.04 Å². The number of nitrogens with two attached hydrogens (primary N) is 1. The fourth-order valence-corrected chi connectivity index (χ4v) is 2.84. The molecule has 0 saturated heterocycles. The van der Waals surface area contributed by atoms with Crippen molar-refractivity contribution < 1.29 is 0 Å². The molecule has 0 aliphatic heterocycles. The molecule has 0 heterocycles. The molecule has 0 aliphatic carbocycles. The third-order valence-electron chi connectivity index (χ3n) is 3.44. The molecule has 0 amide bonds. The fourth-order valence-electron chi connectivity index (χ4n) is 2.19. The zero-order chi connectivity index (χ0) is 13.8. The Hall–Kier alpha value is -1.25. The largest absolute Gasteiger partial charge is 0.320 e. The van der Waals surface area contributed by atoms with Crippen LogP contribution in [0.25, 0.3) is 0 Å². The number of benzene rings is 2. The van der Waals surface area contributed by atoms with Gasteiger partial charge in [-0.3, -0.25) is 0 Å². The van der Waals surface area contributed by atoms with Crippen LogP contribution in [0.4, 0.5) is 0 Å².